The van der Waals surface area contributed by atoms with Crippen LogP contribution in [-0.2, 0) is 0 Å². The summed E-state index contributed by atoms with van der Waals surface area (Å²) in [5, 5.41) is 0. The molecule has 0 aromatic carbocycles. The van der Waals surface area contributed by atoms with Crippen LogP contribution in [0.15, 0.2) is 35.1 Å². The van der Waals surface area contributed by atoms with E-state index < -0.39 is 0 Å². The lowest BCUT2D eigenvalue weighted by molar-refractivity contribution is 0.931. The summed E-state index contributed by atoms with van der Waals surface area (Å²) in [6, 6.07) is 4.05. The summed E-state index contributed by atoms with van der Waals surface area (Å²) in [5.74, 6) is 0. The van der Waals surface area contributed by atoms with Gasteiger partial charge < -0.3 is 0 Å². The number of hydrogen-bond donors (Lipinski definition) is 0. The molecule has 15 heavy (non-hydrogen) atoms. The van der Waals surface area contributed by atoms with Gasteiger partial charge >= 0.3 is 0 Å². The zero-order valence-corrected chi connectivity index (χ0v) is 9.87. The Bertz CT molecular complexity index is 540. The highest BCUT2D eigenvalue weighted by Gasteiger charge is 2.11. The first kappa shape index (κ1) is 9.16. The van der Waals surface area contributed by atoms with Crippen LogP contribution in [0.5, 0.6) is 0 Å². The van der Waals surface area contributed by atoms with Gasteiger partial charge in [0.25, 0.3) is 0 Å². The van der Waals surface area contributed by atoms with E-state index in [1.54, 1.807) is 0 Å². The second-order valence-corrected chi connectivity index (χ2v) is 4.76. The van der Waals surface area contributed by atoms with Crippen molar-refractivity contribution in [3.63, 3.8) is 0 Å². The highest BCUT2D eigenvalue weighted by molar-refractivity contribution is 9.10. The second kappa shape index (κ2) is 3.49. The van der Waals surface area contributed by atoms with E-state index in [2.05, 4.69) is 37.6 Å². The van der Waals surface area contributed by atoms with Crippen LogP contribution in [0.3, 0.4) is 0 Å². The van der Waals surface area contributed by atoms with Crippen LogP contribution in [-0.4, -0.2) is 9.38 Å². The van der Waals surface area contributed by atoms with Crippen molar-refractivity contribution in [2.75, 3.05) is 0 Å². The number of pyridine rings is 1. The first-order valence-electron chi connectivity index (χ1n) is 5.16. The minimum absolute atomic E-state index is 1.01. The highest BCUT2D eigenvalue weighted by atomic mass is 79.9. The average molecular weight is 263 g/mol. The van der Waals surface area contributed by atoms with E-state index in [1.807, 2.05) is 18.3 Å². The number of fused-ring (bicyclic) bond motifs is 1. The van der Waals surface area contributed by atoms with Gasteiger partial charge in [-0.05, 0) is 52.9 Å². The Labute approximate surface area is 96.8 Å². The van der Waals surface area contributed by atoms with Crippen LogP contribution in [0.1, 0.15) is 25.0 Å². The zero-order chi connectivity index (χ0) is 10.3. The summed E-state index contributed by atoms with van der Waals surface area (Å²) < 4.78 is 3.24. The molecule has 0 radical (unpaired) electrons. The Morgan fingerprint density at radius 2 is 2.27 bits per heavy atom. The Hall–Kier alpha value is -1.09. The van der Waals surface area contributed by atoms with E-state index in [1.165, 1.54) is 30.5 Å². The Kier molecular flexibility index (Phi) is 2.13. The van der Waals surface area contributed by atoms with Gasteiger partial charge in [0, 0.05) is 10.7 Å². The molecule has 0 aliphatic heterocycles. The number of nitrogens with zero attached hydrogens (tertiary/aromatic N) is 2. The number of halogens is 1. The minimum atomic E-state index is 1.01. The molecule has 2 aromatic rings. The summed E-state index contributed by atoms with van der Waals surface area (Å²) in [6.07, 6.45) is 10.0. The number of allylic oxidation sites excluding steroid dienone is 2. The van der Waals surface area contributed by atoms with E-state index >= 15 is 0 Å². The van der Waals surface area contributed by atoms with E-state index in [0.29, 0.717) is 0 Å². The molecule has 0 bridgehead atoms. The van der Waals surface area contributed by atoms with Crippen molar-refractivity contribution >= 4 is 27.2 Å². The third-order valence-corrected chi connectivity index (χ3v) is 3.31. The third-order valence-electron chi connectivity index (χ3n) is 2.84. The standard InChI is InChI=1S/C12H11BrN2/c13-10-5-6-12-14-7-11(15(12)8-10)9-3-1-2-4-9/h3,5-8H,1-2,4H2. The molecule has 0 N–H and O–H groups in total. The maximum Gasteiger partial charge on any atom is 0.137 e. The van der Waals surface area contributed by atoms with Crippen molar-refractivity contribution in [1.82, 2.24) is 9.38 Å². The van der Waals surface area contributed by atoms with Gasteiger partial charge in [0.1, 0.15) is 5.65 Å². The van der Waals surface area contributed by atoms with Gasteiger partial charge in [-0.25, -0.2) is 4.98 Å². The van der Waals surface area contributed by atoms with Gasteiger partial charge in [0.05, 0.1) is 11.9 Å². The van der Waals surface area contributed by atoms with Crippen molar-refractivity contribution in [2.45, 2.75) is 19.3 Å². The molecule has 0 saturated heterocycles. The molecule has 3 rings (SSSR count). The van der Waals surface area contributed by atoms with E-state index in [-0.39, 0.29) is 0 Å². The molecule has 0 unspecified atom stereocenters. The fourth-order valence-corrected chi connectivity index (χ4v) is 2.43. The zero-order valence-electron chi connectivity index (χ0n) is 8.28. The number of aromatic nitrogens is 2. The summed E-state index contributed by atoms with van der Waals surface area (Å²) in [5.41, 5.74) is 3.69. The lowest BCUT2D eigenvalue weighted by atomic mass is 10.2. The lowest BCUT2D eigenvalue weighted by Gasteiger charge is -2.02. The summed E-state index contributed by atoms with van der Waals surface area (Å²) in [4.78, 5) is 4.41. The summed E-state index contributed by atoms with van der Waals surface area (Å²) in [6.45, 7) is 0. The molecule has 1 aliphatic rings. The quantitative estimate of drug-likeness (QED) is 0.767. The summed E-state index contributed by atoms with van der Waals surface area (Å²) in [7, 11) is 0. The number of rotatable bonds is 1. The van der Waals surface area contributed by atoms with Crippen molar-refractivity contribution < 1.29 is 0 Å². The van der Waals surface area contributed by atoms with Gasteiger partial charge in [0.15, 0.2) is 0 Å². The molecule has 3 heteroatoms. The molecular weight excluding hydrogens is 252 g/mol. The van der Waals surface area contributed by atoms with Crippen LogP contribution in [0.2, 0.25) is 0 Å². The fourth-order valence-electron chi connectivity index (χ4n) is 2.10. The van der Waals surface area contributed by atoms with Crippen molar-refractivity contribution in [3.8, 4) is 0 Å². The lowest BCUT2D eigenvalue weighted by Crippen LogP contribution is -1.90. The van der Waals surface area contributed by atoms with Gasteiger partial charge in [-0.3, -0.25) is 4.40 Å². The normalized spacial score (nSPS) is 15.9. The molecule has 2 aromatic heterocycles. The Morgan fingerprint density at radius 3 is 3.07 bits per heavy atom. The Morgan fingerprint density at radius 1 is 1.33 bits per heavy atom. The monoisotopic (exact) mass is 262 g/mol. The molecule has 76 valence electrons. The fraction of sp³-hybridized carbons (Fsp3) is 0.250. The largest absolute Gasteiger partial charge is 0.299 e. The molecule has 2 heterocycles. The summed E-state index contributed by atoms with van der Waals surface area (Å²) >= 11 is 3.49. The molecular formula is C12H11BrN2. The minimum Gasteiger partial charge on any atom is -0.299 e. The van der Waals surface area contributed by atoms with Crippen molar-refractivity contribution in [1.29, 1.82) is 0 Å². The van der Waals surface area contributed by atoms with Gasteiger partial charge in [-0.2, -0.15) is 0 Å². The first-order chi connectivity index (χ1) is 7.34. The smallest absolute Gasteiger partial charge is 0.137 e. The van der Waals surface area contributed by atoms with Gasteiger partial charge in [-0.1, -0.05) is 6.08 Å². The maximum atomic E-state index is 4.41. The average Bonchev–Trinajstić information content (AvgIpc) is 2.83. The third kappa shape index (κ3) is 1.51. The maximum absolute atomic E-state index is 4.41. The van der Waals surface area contributed by atoms with E-state index in [4.69, 9.17) is 0 Å². The molecule has 0 atom stereocenters. The van der Waals surface area contributed by atoms with E-state index in [9.17, 15) is 0 Å². The van der Waals surface area contributed by atoms with Crippen LogP contribution < -0.4 is 0 Å². The predicted molar refractivity (Wildman–Crippen MR) is 64.7 cm³/mol. The number of imidazole rings is 1. The SMILES string of the molecule is Brc1ccc2ncc(C3=CCCC3)n2c1. The van der Waals surface area contributed by atoms with Crippen molar-refractivity contribution in [3.05, 3.63) is 40.8 Å². The van der Waals surface area contributed by atoms with E-state index in [0.717, 1.165) is 10.1 Å². The first-order valence-corrected chi connectivity index (χ1v) is 5.96. The van der Waals surface area contributed by atoms with Gasteiger partial charge in [-0.15, -0.1) is 0 Å². The Balaban J connectivity index is 2.22. The highest BCUT2D eigenvalue weighted by Crippen LogP contribution is 2.28. The molecule has 0 fully saturated rings. The van der Waals surface area contributed by atoms with Crippen LogP contribution >= 0.6 is 15.9 Å². The van der Waals surface area contributed by atoms with Gasteiger partial charge in [0.2, 0.25) is 0 Å². The molecule has 1 aliphatic carbocycles. The van der Waals surface area contributed by atoms with Crippen LogP contribution in [0.4, 0.5) is 0 Å². The number of hydrogen-bond acceptors (Lipinski definition) is 1. The molecule has 0 saturated carbocycles. The van der Waals surface area contributed by atoms with Crippen LogP contribution in [0.25, 0.3) is 11.2 Å². The van der Waals surface area contributed by atoms with Crippen LogP contribution in [0, 0.1) is 0 Å². The predicted octanol–water partition coefficient (Wildman–Crippen LogP) is 3.66. The molecule has 2 nitrogen and oxygen atoms in total. The topological polar surface area (TPSA) is 17.3 Å². The van der Waals surface area contributed by atoms with Crippen molar-refractivity contribution in [2.24, 2.45) is 0 Å². The second-order valence-electron chi connectivity index (χ2n) is 3.84. The molecule has 0 amide bonds. The molecule has 0 spiro atoms.